The predicted octanol–water partition coefficient (Wildman–Crippen LogP) is 2.39. The number of aliphatic hydroxyl groups excluding tert-OH is 1. The predicted molar refractivity (Wildman–Crippen MR) is 160 cm³/mol. The number of ether oxygens (including phenoxy) is 5. The van der Waals surface area contributed by atoms with Crippen LogP contribution < -0.4 is 5.73 Å². The first kappa shape index (κ1) is 36.7. The summed E-state index contributed by atoms with van der Waals surface area (Å²) in [5.74, 6) is -5.22. The highest BCUT2D eigenvalue weighted by Gasteiger charge is 2.80. The molecule has 3 N–H and O–H groups in total. The number of allylic oxidation sites excluding steroid dienone is 4. The first-order chi connectivity index (χ1) is 22.8. The number of fused-ring (bicyclic) bond motifs is 7. The average Bonchev–Trinajstić information content (AvgIpc) is 3.43. The molecule has 0 spiro atoms. The lowest BCUT2D eigenvalue weighted by Gasteiger charge is -2.63. The molecule has 4 aliphatic carbocycles. The van der Waals surface area contributed by atoms with E-state index < -0.39 is 106 Å². The molecule has 10 atom stereocenters. The van der Waals surface area contributed by atoms with Gasteiger partial charge in [-0.25, -0.2) is 13.6 Å². The molecule has 17 heteroatoms. The standard InChI is InChI=1S/C32H42F2N2O13/c1-28(2)48-25-13-18-19-12-21(33)20-11-17(37)7-8-29(20,3)31(19,34)23(38)14-30(18,4)32(25,49-28)24(39)16-46-27(41)45-15-22(35)26(40)44-9-5-6-10-47-36(42)43/h7-8,11,18-19,21-23,25,38H,5-6,9-10,12-16,35H2,1-4H3/t18?,19?,21-,22-,23-,25+,29-,30-,31-,32+/m0/s1. The lowest BCUT2D eigenvalue weighted by atomic mass is 9.44. The van der Waals surface area contributed by atoms with Crippen LogP contribution in [0.1, 0.15) is 59.8 Å². The highest BCUT2D eigenvalue weighted by molar-refractivity contribution is 6.01. The molecular formula is C32H42F2N2O13. The zero-order valence-corrected chi connectivity index (χ0v) is 27.7. The van der Waals surface area contributed by atoms with Crippen LogP contribution in [0.5, 0.6) is 0 Å². The van der Waals surface area contributed by atoms with Crippen molar-refractivity contribution in [2.24, 2.45) is 28.4 Å². The van der Waals surface area contributed by atoms with Crippen molar-refractivity contribution in [2.45, 2.75) is 101 Å². The molecule has 4 fully saturated rings. The van der Waals surface area contributed by atoms with Gasteiger partial charge in [0, 0.05) is 16.7 Å². The number of carbonyl (C=O) groups excluding carboxylic acids is 4. The fraction of sp³-hybridized carbons (Fsp3) is 0.750. The third-order valence-corrected chi connectivity index (χ3v) is 11.0. The molecule has 5 rings (SSSR count). The van der Waals surface area contributed by atoms with Gasteiger partial charge in [-0.05, 0) is 76.5 Å². The van der Waals surface area contributed by atoms with Crippen molar-refractivity contribution in [3.63, 3.8) is 0 Å². The SMILES string of the molecule is CC1(C)O[C@@H]2CC3C4C[C@H](F)C5=CC(=O)C=C[C@]5(C)[C@@]4(F)[C@@H](O)C[C@]3(C)[C@]2(C(=O)COC(=O)OC[C@H](N)C(=O)OCCCCO[N+](=O)[O-])O1. The molecule has 3 saturated carbocycles. The van der Waals surface area contributed by atoms with Gasteiger partial charge >= 0.3 is 12.1 Å². The van der Waals surface area contributed by atoms with E-state index in [9.17, 15) is 34.4 Å². The van der Waals surface area contributed by atoms with Crippen molar-refractivity contribution < 1.29 is 66.7 Å². The summed E-state index contributed by atoms with van der Waals surface area (Å²) in [5.41, 5.74) is -1.45. The van der Waals surface area contributed by atoms with Crippen LogP contribution in [0.25, 0.3) is 0 Å². The van der Waals surface area contributed by atoms with Crippen LogP contribution in [0.3, 0.4) is 0 Å². The van der Waals surface area contributed by atoms with Crippen LogP contribution in [-0.2, 0) is 42.9 Å². The van der Waals surface area contributed by atoms with Gasteiger partial charge < -0.3 is 39.4 Å². The van der Waals surface area contributed by atoms with Gasteiger partial charge in [0.1, 0.15) is 18.8 Å². The van der Waals surface area contributed by atoms with Gasteiger partial charge in [-0.15, -0.1) is 10.1 Å². The van der Waals surface area contributed by atoms with Crippen LogP contribution in [0, 0.1) is 32.8 Å². The number of unbranched alkanes of at least 4 members (excludes halogenated alkanes) is 1. The Kier molecular flexibility index (Phi) is 9.72. The highest BCUT2D eigenvalue weighted by atomic mass is 19.1. The lowest BCUT2D eigenvalue weighted by molar-refractivity contribution is -0.757. The quantitative estimate of drug-likeness (QED) is 0.130. The molecule has 1 saturated heterocycles. The Morgan fingerprint density at radius 1 is 1.12 bits per heavy atom. The second-order valence-electron chi connectivity index (χ2n) is 14.2. The minimum atomic E-state index is -2.38. The van der Waals surface area contributed by atoms with Gasteiger partial charge in [0.05, 0.1) is 25.4 Å². The van der Waals surface area contributed by atoms with Crippen LogP contribution >= 0.6 is 0 Å². The maximum absolute atomic E-state index is 17.6. The number of nitrogens with zero attached hydrogens (tertiary/aromatic N) is 1. The molecule has 1 heterocycles. The summed E-state index contributed by atoms with van der Waals surface area (Å²) >= 11 is 0. The third kappa shape index (κ3) is 6.01. The Morgan fingerprint density at radius 2 is 1.82 bits per heavy atom. The molecule has 0 aromatic heterocycles. The van der Waals surface area contributed by atoms with Gasteiger partial charge in [-0.3, -0.25) is 14.4 Å². The minimum Gasteiger partial charge on any atom is -0.464 e. The number of nitrogens with two attached hydrogens (primary N) is 1. The van der Waals surface area contributed by atoms with Crippen molar-refractivity contribution >= 4 is 23.7 Å². The molecule has 0 radical (unpaired) electrons. The van der Waals surface area contributed by atoms with E-state index in [1.807, 2.05) is 0 Å². The summed E-state index contributed by atoms with van der Waals surface area (Å²) < 4.78 is 60.8. The number of ketones is 2. The Labute approximate surface area is 280 Å². The molecule has 0 aromatic carbocycles. The molecule has 1 aliphatic heterocycles. The Morgan fingerprint density at radius 3 is 2.51 bits per heavy atom. The minimum absolute atomic E-state index is 0.0285. The summed E-state index contributed by atoms with van der Waals surface area (Å²) in [4.78, 5) is 65.1. The zero-order valence-electron chi connectivity index (χ0n) is 27.7. The van der Waals surface area contributed by atoms with E-state index in [4.69, 9.17) is 29.4 Å². The molecule has 49 heavy (non-hydrogen) atoms. The lowest BCUT2D eigenvalue weighted by Crippen LogP contribution is -2.71. The van der Waals surface area contributed by atoms with Crippen molar-refractivity contribution in [3.05, 3.63) is 33.9 Å². The number of Topliss-reactive ketones (excluding diaryl/α,β-unsaturated/α-hetero) is 1. The zero-order chi connectivity index (χ0) is 36.2. The van der Waals surface area contributed by atoms with Crippen LogP contribution in [0.4, 0.5) is 13.6 Å². The van der Waals surface area contributed by atoms with E-state index in [1.165, 1.54) is 19.1 Å². The van der Waals surface area contributed by atoms with Crippen LogP contribution in [0.15, 0.2) is 23.8 Å². The Balaban J connectivity index is 1.26. The van der Waals surface area contributed by atoms with Gasteiger partial charge in [0.25, 0.3) is 5.09 Å². The van der Waals surface area contributed by atoms with E-state index in [-0.39, 0.29) is 50.9 Å². The van der Waals surface area contributed by atoms with Crippen LogP contribution in [0.2, 0.25) is 0 Å². The fourth-order valence-electron chi connectivity index (χ4n) is 8.92. The van der Waals surface area contributed by atoms with E-state index in [0.717, 1.165) is 6.08 Å². The number of aliphatic hydroxyl groups is 1. The van der Waals surface area contributed by atoms with Crippen molar-refractivity contribution in [3.8, 4) is 0 Å². The number of hydrogen-bond donors (Lipinski definition) is 2. The van der Waals surface area contributed by atoms with Gasteiger partial charge in [0.2, 0.25) is 5.78 Å². The first-order valence-corrected chi connectivity index (χ1v) is 16.2. The maximum atomic E-state index is 17.6. The number of alkyl halides is 2. The molecule has 2 unspecified atom stereocenters. The summed E-state index contributed by atoms with van der Waals surface area (Å²) in [6, 6.07) is -1.39. The van der Waals surface area contributed by atoms with E-state index >= 15 is 8.78 Å². The number of hydrogen-bond acceptors (Lipinski definition) is 14. The van der Waals surface area contributed by atoms with Crippen molar-refractivity contribution in [2.75, 3.05) is 26.4 Å². The fourth-order valence-corrected chi connectivity index (χ4v) is 8.92. The maximum Gasteiger partial charge on any atom is 0.508 e. The van der Waals surface area contributed by atoms with Crippen LogP contribution in [-0.4, -0.2) is 102 Å². The largest absolute Gasteiger partial charge is 0.508 e. The molecule has 0 amide bonds. The normalized spacial score (nSPS) is 39.0. The van der Waals surface area contributed by atoms with Gasteiger partial charge in [-0.1, -0.05) is 13.0 Å². The van der Waals surface area contributed by atoms with E-state index in [2.05, 4.69) is 4.84 Å². The van der Waals surface area contributed by atoms with Gasteiger partial charge in [0.15, 0.2) is 29.4 Å². The van der Waals surface area contributed by atoms with Gasteiger partial charge in [-0.2, -0.15) is 0 Å². The first-order valence-electron chi connectivity index (χ1n) is 16.2. The Hall–Kier alpha value is -3.54. The topological polar surface area (TPSA) is 213 Å². The summed E-state index contributed by atoms with van der Waals surface area (Å²) in [6.07, 6.45) is -2.09. The molecule has 0 bridgehead atoms. The second kappa shape index (κ2) is 13.0. The number of esters is 1. The summed E-state index contributed by atoms with van der Waals surface area (Å²) in [6.45, 7) is 4.53. The number of carbonyl (C=O) groups is 4. The molecule has 272 valence electrons. The molecule has 0 aromatic rings. The van der Waals surface area contributed by atoms with Crippen molar-refractivity contribution in [1.29, 1.82) is 0 Å². The van der Waals surface area contributed by atoms with Crippen molar-refractivity contribution in [1.82, 2.24) is 0 Å². The average molecular weight is 701 g/mol. The highest BCUT2D eigenvalue weighted by Crippen LogP contribution is 2.72. The Bertz CT molecular complexity index is 1460. The number of halogens is 2. The molecule has 15 nitrogen and oxygen atoms in total. The second-order valence-corrected chi connectivity index (χ2v) is 14.2. The molecule has 5 aliphatic rings. The van der Waals surface area contributed by atoms with E-state index in [1.54, 1.807) is 20.8 Å². The van der Waals surface area contributed by atoms with E-state index in [0.29, 0.717) is 0 Å². The summed E-state index contributed by atoms with van der Waals surface area (Å²) in [7, 11) is 0. The summed E-state index contributed by atoms with van der Waals surface area (Å²) in [5, 5.41) is 20.8. The smallest absolute Gasteiger partial charge is 0.464 e. The molecular weight excluding hydrogens is 658 g/mol. The number of rotatable bonds is 12. The monoisotopic (exact) mass is 700 g/mol. The third-order valence-electron chi connectivity index (χ3n) is 11.0.